The van der Waals surface area contributed by atoms with Gasteiger partial charge in [0.2, 0.25) is 11.8 Å². The summed E-state index contributed by atoms with van der Waals surface area (Å²) in [7, 11) is 0. The summed E-state index contributed by atoms with van der Waals surface area (Å²) in [6.07, 6.45) is 0.821. The van der Waals surface area contributed by atoms with Gasteiger partial charge in [0, 0.05) is 0 Å². The van der Waals surface area contributed by atoms with Gasteiger partial charge in [-0.25, -0.2) is 0 Å². The number of hydrogen-bond acceptors (Lipinski definition) is 4. The number of aromatic nitrogens is 2. The van der Waals surface area contributed by atoms with E-state index in [9.17, 15) is 4.79 Å². The Labute approximate surface area is 147 Å². The van der Waals surface area contributed by atoms with Crippen LogP contribution >= 0.6 is 0 Å². The lowest BCUT2D eigenvalue weighted by molar-refractivity contribution is -0.115. The SMILES string of the molecule is Cc1ccc(Cc2nnc(NC(=O)Cc3ccc(C)cc3C)o2)cc1. The van der Waals surface area contributed by atoms with E-state index >= 15 is 0 Å². The van der Waals surface area contributed by atoms with Gasteiger partial charge < -0.3 is 4.42 Å². The van der Waals surface area contributed by atoms with E-state index in [1.54, 1.807) is 0 Å². The van der Waals surface area contributed by atoms with Crippen molar-refractivity contribution in [3.63, 3.8) is 0 Å². The zero-order valence-corrected chi connectivity index (χ0v) is 14.7. The molecular weight excluding hydrogens is 314 g/mol. The first-order valence-corrected chi connectivity index (χ1v) is 8.23. The molecular formula is C20H21N3O2. The van der Waals surface area contributed by atoms with Crippen LogP contribution in [-0.2, 0) is 17.6 Å². The topological polar surface area (TPSA) is 68.0 Å². The molecule has 0 aliphatic rings. The summed E-state index contributed by atoms with van der Waals surface area (Å²) >= 11 is 0. The number of rotatable bonds is 5. The van der Waals surface area contributed by atoms with E-state index in [1.807, 2.05) is 57.2 Å². The summed E-state index contributed by atoms with van der Waals surface area (Å²) in [5.74, 6) is 0.308. The molecule has 1 heterocycles. The summed E-state index contributed by atoms with van der Waals surface area (Å²) < 4.78 is 5.52. The molecule has 5 heteroatoms. The molecule has 128 valence electrons. The van der Waals surface area contributed by atoms with Crippen LogP contribution in [0.3, 0.4) is 0 Å². The van der Waals surface area contributed by atoms with E-state index in [4.69, 9.17) is 4.42 Å². The minimum absolute atomic E-state index is 0.136. The standard InChI is InChI=1S/C20H21N3O2/c1-13-4-7-16(8-5-13)11-19-22-23-20(25-19)21-18(24)12-17-9-6-14(2)10-15(17)3/h4-10H,11-12H2,1-3H3,(H,21,23,24). The predicted molar refractivity (Wildman–Crippen MR) is 96.5 cm³/mol. The van der Waals surface area contributed by atoms with Crippen molar-refractivity contribution in [1.29, 1.82) is 0 Å². The van der Waals surface area contributed by atoms with Gasteiger partial charge >= 0.3 is 6.01 Å². The minimum Gasteiger partial charge on any atom is -0.407 e. The monoisotopic (exact) mass is 335 g/mol. The van der Waals surface area contributed by atoms with E-state index < -0.39 is 0 Å². The Bertz CT molecular complexity index is 882. The number of amides is 1. The van der Waals surface area contributed by atoms with Crippen LogP contribution in [0.25, 0.3) is 0 Å². The largest absolute Gasteiger partial charge is 0.407 e. The Morgan fingerprint density at radius 2 is 1.72 bits per heavy atom. The molecule has 25 heavy (non-hydrogen) atoms. The third-order valence-corrected chi connectivity index (χ3v) is 4.04. The lowest BCUT2D eigenvalue weighted by Gasteiger charge is -2.06. The van der Waals surface area contributed by atoms with Crippen molar-refractivity contribution in [3.8, 4) is 0 Å². The summed E-state index contributed by atoms with van der Waals surface area (Å²) in [5.41, 5.74) is 5.55. The second kappa shape index (κ2) is 7.30. The molecule has 3 aromatic rings. The maximum atomic E-state index is 12.2. The van der Waals surface area contributed by atoms with Gasteiger partial charge in [0.15, 0.2) is 0 Å². The molecule has 0 aliphatic heterocycles. The minimum atomic E-state index is -0.169. The van der Waals surface area contributed by atoms with Crippen LogP contribution in [0.5, 0.6) is 0 Å². The van der Waals surface area contributed by atoms with Gasteiger partial charge in [0.05, 0.1) is 12.8 Å². The van der Waals surface area contributed by atoms with Crippen LogP contribution in [0.15, 0.2) is 46.9 Å². The zero-order chi connectivity index (χ0) is 17.8. The molecule has 0 spiro atoms. The normalized spacial score (nSPS) is 10.7. The Kier molecular flexibility index (Phi) is 4.93. The summed E-state index contributed by atoms with van der Waals surface area (Å²) in [6.45, 7) is 6.08. The lowest BCUT2D eigenvalue weighted by atomic mass is 10.0. The third-order valence-electron chi connectivity index (χ3n) is 4.04. The van der Waals surface area contributed by atoms with Crippen LogP contribution in [0.4, 0.5) is 6.01 Å². The number of nitrogens with one attached hydrogen (secondary N) is 1. The maximum absolute atomic E-state index is 12.2. The molecule has 0 aliphatic carbocycles. The summed E-state index contributed by atoms with van der Waals surface area (Å²) in [5, 5.41) is 10.6. The summed E-state index contributed by atoms with van der Waals surface area (Å²) in [4.78, 5) is 12.2. The van der Waals surface area contributed by atoms with Gasteiger partial charge in [-0.1, -0.05) is 58.7 Å². The highest BCUT2D eigenvalue weighted by Gasteiger charge is 2.12. The number of anilines is 1. The summed E-state index contributed by atoms with van der Waals surface area (Å²) in [6, 6.07) is 14.3. The van der Waals surface area contributed by atoms with Gasteiger partial charge in [-0.3, -0.25) is 10.1 Å². The Balaban J connectivity index is 1.60. The molecule has 0 atom stereocenters. The van der Waals surface area contributed by atoms with Crippen molar-refractivity contribution in [1.82, 2.24) is 10.2 Å². The van der Waals surface area contributed by atoms with Crippen molar-refractivity contribution in [2.45, 2.75) is 33.6 Å². The van der Waals surface area contributed by atoms with E-state index in [-0.39, 0.29) is 18.3 Å². The van der Waals surface area contributed by atoms with E-state index in [2.05, 4.69) is 21.6 Å². The first kappa shape index (κ1) is 16.9. The Hall–Kier alpha value is -2.95. The van der Waals surface area contributed by atoms with Crippen LogP contribution in [0.1, 0.15) is 33.7 Å². The van der Waals surface area contributed by atoms with Crippen LogP contribution in [0.2, 0.25) is 0 Å². The Morgan fingerprint density at radius 1 is 1.00 bits per heavy atom. The lowest BCUT2D eigenvalue weighted by Crippen LogP contribution is -2.15. The first-order chi connectivity index (χ1) is 12.0. The fraction of sp³-hybridized carbons (Fsp3) is 0.250. The van der Waals surface area contributed by atoms with Crippen molar-refractivity contribution >= 4 is 11.9 Å². The number of nitrogens with zero attached hydrogens (tertiary/aromatic N) is 2. The van der Waals surface area contributed by atoms with Gasteiger partial charge in [-0.2, -0.15) is 0 Å². The molecule has 0 saturated carbocycles. The molecule has 1 amide bonds. The van der Waals surface area contributed by atoms with Crippen LogP contribution in [0, 0.1) is 20.8 Å². The van der Waals surface area contributed by atoms with E-state index in [1.165, 1.54) is 11.1 Å². The van der Waals surface area contributed by atoms with Gasteiger partial charge in [0.25, 0.3) is 0 Å². The number of carbonyl (C=O) groups is 1. The highest BCUT2D eigenvalue weighted by Crippen LogP contribution is 2.14. The average molecular weight is 335 g/mol. The average Bonchev–Trinajstić information content (AvgIpc) is 2.99. The second-order valence-corrected chi connectivity index (χ2v) is 6.32. The number of carbonyl (C=O) groups excluding carboxylic acids is 1. The molecule has 0 saturated heterocycles. The molecule has 1 aromatic heterocycles. The van der Waals surface area contributed by atoms with Crippen molar-refractivity contribution < 1.29 is 9.21 Å². The van der Waals surface area contributed by atoms with Crippen molar-refractivity contribution in [2.75, 3.05) is 5.32 Å². The van der Waals surface area contributed by atoms with E-state index in [0.29, 0.717) is 12.3 Å². The predicted octanol–water partition coefficient (Wildman–Crippen LogP) is 3.77. The van der Waals surface area contributed by atoms with Crippen LogP contribution < -0.4 is 5.32 Å². The molecule has 0 fully saturated rings. The maximum Gasteiger partial charge on any atom is 0.322 e. The number of benzene rings is 2. The van der Waals surface area contributed by atoms with E-state index in [0.717, 1.165) is 16.7 Å². The molecule has 5 nitrogen and oxygen atoms in total. The van der Waals surface area contributed by atoms with Crippen molar-refractivity contribution in [2.24, 2.45) is 0 Å². The third kappa shape index (κ3) is 4.53. The molecule has 0 radical (unpaired) electrons. The zero-order valence-electron chi connectivity index (χ0n) is 14.7. The molecule has 1 N–H and O–H groups in total. The first-order valence-electron chi connectivity index (χ1n) is 8.23. The van der Waals surface area contributed by atoms with Gasteiger partial charge in [-0.15, -0.1) is 5.10 Å². The highest BCUT2D eigenvalue weighted by atomic mass is 16.4. The molecule has 0 unspecified atom stereocenters. The quantitative estimate of drug-likeness (QED) is 0.771. The second-order valence-electron chi connectivity index (χ2n) is 6.32. The Morgan fingerprint density at radius 3 is 2.44 bits per heavy atom. The fourth-order valence-electron chi connectivity index (χ4n) is 2.64. The van der Waals surface area contributed by atoms with Crippen LogP contribution in [-0.4, -0.2) is 16.1 Å². The fourth-order valence-corrected chi connectivity index (χ4v) is 2.64. The number of aryl methyl sites for hydroxylation is 3. The van der Waals surface area contributed by atoms with Gasteiger partial charge in [0.1, 0.15) is 0 Å². The molecule has 2 aromatic carbocycles. The molecule has 0 bridgehead atoms. The van der Waals surface area contributed by atoms with Gasteiger partial charge in [-0.05, 0) is 37.5 Å². The number of hydrogen-bond donors (Lipinski definition) is 1. The highest BCUT2D eigenvalue weighted by molar-refractivity contribution is 5.90. The van der Waals surface area contributed by atoms with Crippen molar-refractivity contribution in [3.05, 3.63) is 76.2 Å². The molecule has 3 rings (SSSR count). The smallest absolute Gasteiger partial charge is 0.322 e.